The first-order valence-electron chi connectivity index (χ1n) is 11.8. The minimum atomic E-state index is -4.42. The van der Waals surface area contributed by atoms with Crippen molar-refractivity contribution >= 4 is 23.4 Å². The summed E-state index contributed by atoms with van der Waals surface area (Å²) in [5.74, 6) is -1.37. The van der Waals surface area contributed by atoms with E-state index in [-0.39, 0.29) is 18.9 Å². The largest absolute Gasteiger partial charge is 0.480 e. The second kappa shape index (κ2) is 10.3. The highest BCUT2D eigenvalue weighted by Gasteiger charge is 2.31. The van der Waals surface area contributed by atoms with Gasteiger partial charge in [-0.05, 0) is 52.1 Å². The summed E-state index contributed by atoms with van der Waals surface area (Å²) in [6, 6.07) is 22.8. The van der Waals surface area contributed by atoms with Crippen LogP contribution in [-0.4, -0.2) is 29.8 Å². The molecule has 38 heavy (non-hydrogen) atoms. The normalized spacial score (nSPS) is 13.4. The van der Waals surface area contributed by atoms with Crippen LogP contribution in [-0.2, 0) is 22.1 Å². The molecule has 5 rings (SSSR count). The number of halogens is 3. The summed E-state index contributed by atoms with van der Waals surface area (Å²) in [4.78, 5) is 25.8. The van der Waals surface area contributed by atoms with Crippen LogP contribution in [0, 0.1) is 0 Å². The molecule has 0 fully saturated rings. The Balaban J connectivity index is 1.22. The van der Waals surface area contributed by atoms with Gasteiger partial charge in [-0.15, -0.1) is 11.3 Å². The van der Waals surface area contributed by atoms with Crippen molar-refractivity contribution in [3.05, 3.63) is 106 Å². The molecule has 194 valence electrons. The number of fused-ring (bicyclic) bond motifs is 3. The van der Waals surface area contributed by atoms with E-state index >= 15 is 0 Å². The van der Waals surface area contributed by atoms with Crippen molar-refractivity contribution in [2.24, 2.45) is 0 Å². The summed E-state index contributed by atoms with van der Waals surface area (Å²) < 4.78 is 43.9. The fourth-order valence-electron chi connectivity index (χ4n) is 4.65. The molecule has 1 aliphatic rings. The molecule has 1 atom stereocenters. The van der Waals surface area contributed by atoms with Crippen LogP contribution in [0.15, 0.2) is 84.9 Å². The maximum Gasteiger partial charge on any atom is 0.416 e. The number of nitrogens with one attached hydrogen (secondary N) is 1. The minimum absolute atomic E-state index is 0.00479. The van der Waals surface area contributed by atoms with Gasteiger partial charge in [-0.3, -0.25) is 0 Å². The number of carboxylic acid groups (broad SMARTS) is 1. The molecular formula is C29H22F3NO4S. The number of alkyl halides is 3. The number of alkyl carbamates (subject to hydrolysis) is 1. The highest BCUT2D eigenvalue weighted by atomic mass is 32.1. The van der Waals surface area contributed by atoms with E-state index in [1.807, 2.05) is 48.5 Å². The Morgan fingerprint density at radius 3 is 2.08 bits per heavy atom. The van der Waals surface area contributed by atoms with Crippen LogP contribution in [0.25, 0.3) is 21.6 Å². The first kappa shape index (κ1) is 25.5. The molecule has 0 radical (unpaired) electrons. The molecule has 1 heterocycles. The number of carbonyl (C=O) groups excluding carboxylic acids is 1. The molecule has 0 saturated carbocycles. The summed E-state index contributed by atoms with van der Waals surface area (Å²) in [6.07, 6.45) is -5.25. The summed E-state index contributed by atoms with van der Waals surface area (Å²) in [6.45, 7) is 0.0588. The maximum atomic E-state index is 12.8. The van der Waals surface area contributed by atoms with Crippen LogP contribution in [0.1, 0.15) is 27.5 Å². The van der Waals surface area contributed by atoms with Crippen molar-refractivity contribution < 1.29 is 32.6 Å². The van der Waals surface area contributed by atoms with Gasteiger partial charge in [0.05, 0.1) is 5.56 Å². The Morgan fingerprint density at radius 2 is 1.50 bits per heavy atom. The van der Waals surface area contributed by atoms with Gasteiger partial charge in [0.1, 0.15) is 12.6 Å². The Hall–Kier alpha value is -4.11. The Morgan fingerprint density at radius 1 is 0.895 bits per heavy atom. The van der Waals surface area contributed by atoms with Crippen LogP contribution in [0.4, 0.5) is 18.0 Å². The third kappa shape index (κ3) is 5.28. The van der Waals surface area contributed by atoms with Crippen molar-refractivity contribution in [2.45, 2.75) is 24.6 Å². The van der Waals surface area contributed by atoms with Gasteiger partial charge in [-0.2, -0.15) is 13.2 Å². The van der Waals surface area contributed by atoms with E-state index in [4.69, 9.17) is 4.74 Å². The third-order valence-electron chi connectivity index (χ3n) is 6.50. The van der Waals surface area contributed by atoms with Crippen LogP contribution in [0.5, 0.6) is 0 Å². The SMILES string of the molecule is O=C(NC(Cc1ccc(-c2ccc(C(F)(F)F)cc2)s1)C(=O)O)OCC1c2ccccc2-c2ccccc21. The molecule has 1 unspecified atom stereocenters. The maximum absolute atomic E-state index is 12.8. The molecule has 0 aliphatic heterocycles. The lowest BCUT2D eigenvalue weighted by Crippen LogP contribution is -2.42. The molecule has 1 aromatic heterocycles. The zero-order chi connectivity index (χ0) is 26.9. The van der Waals surface area contributed by atoms with Crippen LogP contribution < -0.4 is 5.32 Å². The van der Waals surface area contributed by atoms with E-state index in [9.17, 15) is 27.9 Å². The van der Waals surface area contributed by atoms with E-state index in [1.165, 1.54) is 23.5 Å². The number of thiophene rings is 1. The predicted octanol–water partition coefficient (Wildman–Crippen LogP) is 6.97. The molecule has 4 aromatic rings. The zero-order valence-corrected chi connectivity index (χ0v) is 20.7. The topological polar surface area (TPSA) is 75.6 Å². The second-order valence-corrected chi connectivity index (χ2v) is 10.1. The van der Waals surface area contributed by atoms with Crippen molar-refractivity contribution in [1.29, 1.82) is 0 Å². The highest BCUT2D eigenvalue weighted by Crippen LogP contribution is 2.44. The smallest absolute Gasteiger partial charge is 0.416 e. The van der Waals surface area contributed by atoms with Crippen molar-refractivity contribution in [2.75, 3.05) is 6.61 Å². The number of carboxylic acids is 1. The average Bonchev–Trinajstić information content (AvgIpc) is 3.49. The van der Waals surface area contributed by atoms with Crippen LogP contribution >= 0.6 is 11.3 Å². The molecule has 0 spiro atoms. The first-order chi connectivity index (χ1) is 18.2. The molecule has 1 aliphatic carbocycles. The van der Waals surface area contributed by atoms with Gasteiger partial charge < -0.3 is 15.2 Å². The number of rotatable bonds is 7. The van der Waals surface area contributed by atoms with Gasteiger partial charge in [0.2, 0.25) is 0 Å². The van der Waals surface area contributed by atoms with E-state index in [0.29, 0.717) is 15.3 Å². The van der Waals surface area contributed by atoms with Gasteiger partial charge in [0.15, 0.2) is 0 Å². The molecular weight excluding hydrogens is 515 g/mol. The van der Waals surface area contributed by atoms with Gasteiger partial charge >= 0.3 is 18.2 Å². The number of hydrogen-bond acceptors (Lipinski definition) is 4. The molecule has 9 heteroatoms. The minimum Gasteiger partial charge on any atom is -0.480 e. The summed E-state index contributed by atoms with van der Waals surface area (Å²) in [7, 11) is 0. The molecule has 2 N–H and O–H groups in total. The molecule has 3 aromatic carbocycles. The fourth-order valence-corrected chi connectivity index (χ4v) is 5.71. The van der Waals surface area contributed by atoms with E-state index < -0.39 is 29.8 Å². The Kier molecular flexibility index (Phi) is 6.94. The van der Waals surface area contributed by atoms with E-state index in [1.54, 1.807) is 12.1 Å². The predicted molar refractivity (Wildman–Crippen MR) is 138 cm³/mol. The highest BCUT2D eigenvalue weighted by molar-refractivity contribution is 7.15. The van der Waals surface area contributed by atoms with Crippen molar-refractivity contribution in [3.63, 3.8) is 0 Å². The molecule has 5 nitrogen and oxygen atoms in total. The van der Waals surface area contributed by atoms with Crippen molar-refractivity contribution in [3.8, 4) is 21.6 Å². The number of carbonyl (C=O) groups is 2. The molecule has 0 bridgehead atoms. The first-order valence-corrected chi connectivity index (χ1v) is 12.6. The fraction of sp³-hybridized carbons (Fsp3) is 0.172. The molecule has 0 saturated heterocycles. The van der Waals surface area contributed by atoms with Crippen molar-refractivity contribution in [1.82, 2.24) is 5.32 Å². The lowest BCUT2D eigenvalue weighted by Gasteiger charge is -2.17. The van der Waals surface area contributed by atoms with Crippen LogP contribution in [0.3, 0.4) is 0 Å². The summed E-state index contributed by atoms with van der Waals surface area (Å²) in [5.41, 5.74) is 4.11. The number of ether oxygens (including phenoxy) is 1. The zero-order valence-electron chi connectivity index (χ0n) is 19.9. The number of aliphatic carboxylic acids is 1. The lowest BCUT2D eigenvalue weighted by atomic mass is 9.98. The quantitative estimate of drug-likeness (QED) is 0.267. The van der Waals surface area contributed by atoms with Gasteiger partial charge in [-0.1, -0.05) is 60.7 Å². The van der Waals surface area contributed by atoms with Crippen LogP contribution in [0.2, 0.25) is 0 Å². The Labute approximate surface area is 220 Å². The standard InChI is InChI=1S/C29H22F3NO4S/c30-29(31,32)18-11-9-17(10-12-18)26-14-13-19(38-26)15-25(27(34)35)33-28(36)37-16-24-22-7-3-1-5-20(22)21-6-2-4-8-23(21)24/h1-14,24-25H,15-16H2,(H,33,36)(H,34,35). The second-order valence-electron chi connectivity index (χ2n) is 8.91. The number of hydrogen-bond donors (Lipinski definition) is 2. The van der Waals surface area contributed by atoms with E-state index in [2.05, 4.69) is 5.32 Å². The summed E-state index contributed by atoms with van der Waals surface area (Å²) in [5, 5.41) is 12.1. The van der Waals surface area contributed by atoms with E-state index in [0.717, 1.165) is 34.4 Å². The monoisotopic (exact) mass is 537 g/mol. The van der Waals surface area contributed by atoms with Gasteiger partial charge in [0.25, 0.3) is 0 Å². The average molecular weight is 538 g/mol. The van der Waals surface area contributed by atoms with Gasteiger partial charge in [-0.25, -0.2) is 9.59 Å². The summed E-state index contributed by atoms with van der Waals surface area (Å²) >= 11 is 1.25. The number of benzene rings is 3. The Bertz CT molecular complexity index is 1430. The third-order valence-corrected chi connectivity index (χ3v) is 7.65. The molecule has 1 amide bonds. The lowest BCUT2D eigenvalue weighted by molar-refractivity contribution is -0.139. The van der Waals surface area contributed by atoms with Gasteiger partial charge in [0, 0.05) is 22.1 Å². The number of amides is 1.